The molecule has 0 aromatic carbocycles. The molecule has 0 aliphatic carbocycles. The number of hydrogen-bond donors (Lipinski definition) is 2. The molecule has 6 heteroatoms. The minimum absolute atomic E-state index is 0.535. The summed E-state index contributed by atoms with van der Waals surface area (Å²) in [5, 5.41) is 0. The maximum Gasteiger partial charge on any atom is 0.337 e. The minimum Gasteiger partial charge on any atom is -0.324 e. The summed E-state index contributed by atoms with van der Waals surface area (Å²) in [5.41, 5.74) is -0.535. The van der Waals surface area contributed by atoms with Gasteiger partial charge in [-0.3, -0.25) is 8.77 Å². The molecule has 8 heavy (non-hydrogen) atoms. The molecule has 0 heterocycles. The Bertz CT molecular complexity index is 137. The summed E-state index contributed by atoms with van der Waals surface area (Å²) in [6.45, 7) is 0. The number of hydrogen-bond acceptors (Lipinski definition) is 2. The first-order valence-electron chi connectivity index (χ1n) is 1.76. The zero-order valence-corrected chi connectivity index (χ0v) is 5.98. The normalized spacial score (nSPS) is 15.9. The SMILES string of the molecule is CS(=O)CP(=O)(O)O. The van der Waals surface area contributed by atoms with Crippen molar-refractivity contribution in [3.05, 3.63) is 0 Å². The Morgan fingerprint density at radius 1 is 1.62 bits per heavy atom. The maximum atomic E-state index is 10.1. The van der Waals surface area contributed by atoms with Crippen molar-refractivity contribution in [2.24, 2.45) is 0 Å². The average Bonchev–Trinajstić information content (AvgIpc) is 1.21. The van der Waals surface area contributed by atoms with E-state index in [4.69, 9.17) is 9.79 Å². The van der Waals surface area contributed by atoms with Crippen LogP contribution in [0, 0.1) is 0 Å². The van der Waals surface area contributed by atoms with Gasteiger partial charge in [0.25, 0.3) is 0 Å². The molecule has 0 saturated heterocycles. The highest BCUT2D eigenvalue weighted by Gasteiger charge is 2.13. The summed E-state index contributed by atoms with van der Waals surface area (Å²) in [7, 11) is -5.42. The highest BCUT2D eigenvalue weighted by atomic mass is 32.2. The van der Waals surface area contributed by atoms with Gasteiger partial charge in [-0.1, -0.05) is 0 Å². The Morgan fingerprint density at radius 2 is 2.00 bits per heavy atom. The molecule has 0 fully saturated rings. The fourth-order valence-corrected chi connectivity index (χ4v) is 2.13. The topological polar surface area (TPSA) is 74.6 Å². The van der Waals surface area contributed by atoms with Crippen molar-refractivity contribution in [1.29, 1.82) is 0 Å². The van der Waals surface area contributed by atoms with Crippen LogP contribution in [0.25, 0.3) is 0 Å². The summed E-state index contributed by atoms with van der Waals surface area (Å²) in [4.78, 5) is 16.2. The molecule has 0 bridgehead atoms. The van der Waals surface area contributed by atoms with Gasteiger partial charge < -0.3 is 9.79 Å². The monoisotopic (exact) mass is 158 g/mol. The van der Waals surface area contributed by atoms with Crippen LogP contribution in [0.2, 0.25) is 0 Å². The van der Waals surface area contributed by atoms with Gasteiger partial charge in [0.1, 0.15) is 5.49 Å². The summed E-state index contributed by atoms with van der Waals surface area (Å²) in [5.74, 6) is 0. The van der Waals surface area contributed by atoms with Crippen LogP contribution < -0.4 is 0 Å². The lowest BCUT2D eigenvalue weighted by Gasteiger charge is -1.97. The summed E-state index contributed by atoms with van der Waals surface area (Å²) < 4.78 is 20.0. The lowest BCUT2D eigenvalue weighted by molar-refractivity contribution is 0.379. The lowest BCUT2D eigenvalue weighted by atomic mass is 11.9. The minimum atomic E-state index is -4.02. The van der Waals surface area contributed by atoms with E-state index in [0.717, 1.165) is 0 Å². The van der Waals surface area contributed by atoms with E-state index in [2.05, 4.69) is 0 Å². The molecule has 0 rings (SSSR count). The van der Waals surface area contributed by atoms with Crippen LogP contribution in [-0.2, 0) is 15.4 Å². The van der Waals surface area contributed by atoms with Gasteiger partial charge in [0.05, 0.1) is 0 Å². The predicted molar refractivity (Wildman–Crippen MR) is 31.0 cm³/mol. The van der Waals surface area contributed by atoms with Gasteiger partial charge >= 0.3 is 7.60 Å². The van der Waals surface area contributed by atoms with E-state index < -0.39 is 23.9 Å². The molecule has 0 aliphatic rings. The fraction of sp³-hybridized carbons (Fsp3) is 1.00. The molecule has 0 amide bonds. The van der Waals surface area contributed by atoms with Gasteiger partial charge in [-0.2, -0.15) is 0 Å². The zero-order valence-electron chi connectivity index (χ0n) is 4.27. The van der Waals surface area contributed by atoms with Crippen LogP contribution in [-0.4, -0.2) is 25.7 Å². The van der Waals surface area contributed by atoms with Gasteiger partial charge in [-0.05, 0) is 0 Å². The third-order valence-corrected chi connectivity index (χ3v) is 3.15. The summed E-state index contributed by atoms with van der Waals surface area (Å²) >= 11 is 0. The molecule has 0 spiro atoms. The van der Waals surface area contributed by atoms with E-state index in [0.29, 0.717) is 0 Å². The molecule has 0 aromatic rings. The molecule has 4 nitrogen and oxygen atoms in total. The van der Waals surface area contributed by atoms with Gasteiger partial charge in [0.15, 0.2) is 0 Å². The van der Waals surface area contributed by atoms with E-state index in [1.807, 2.05) is 0 Å². The van der Waals surface area contributed by atoms with Crippen LogP contribution in [0.5, 0.6) is 0 Å². The summed E-state index contributed by atoms with van der Waals surface area (Å²) in [6, 6.07) is 0. The van der Waals surface area contributed by atoms with Gasteiger partial charge in [-0.15, -0.1) is 0 Å². The first kappa shape index (κ1) is 8.30. The molecule has 2 N–H and O–H groups in total. The molecule has 0 aromatic heterocycles. The van der Waals surface area contributed by atoms with Crippen LogP contribution in [0.1, 0.15) is 0 Å². The van der Waals surface area contributed by atoms with Crippen molar-refractivity contribution in [2.75, 3.05) is 11.7 Å². The van der Waals surface area contributed by atoms with Crippen LogP contribution in [0.4, 0.5) is 0 Å². The van der Waals surface area contributed by atoms with Crippen LogP contribution >= 0.6 is 7.60 Å². The Hall–Kier alpha value is 0.300. The van der Waals surface area contributed by atoms with Crippen molar-refractivity contribution >= 4 is 18.4 Å². The second-order valence-corrected chi connectivity index (χ2v) is 4.88. The van der Waals surface area contributed by atoms with Gasteiger partial charge in [0, 0.05) is 17.1 Å². The third-order valence-electron chi connectivity index (χ3n) is 0.350. The van der Waals surface area contributed by atoms with Crippen LogP contribution in [0.15, 0.2) is 0 Å². The van der Waals surface area contributed by atoms with E-state index >= 15 is 0 Å². The van der Waals surface area contributed by atoms with Crippen molar-refractivity contribution in [3.63, 3.8) is 0 Å². The maximum absolute atomic E-state index is 10.1. The zero-order chi connectivity index (χ0) is 6.78. The average molecular weight is 158 g/mol. The molecule has 1 atom stereocenters. The molecular weight excluding hydrogens is 151 g/mol. The van der Waals surface area contributed by atoms with Gasteiger partial charge in [-0.25, -0.2) is 0 Å². The quantitative estimate of drug-likeness (QED) is 0.531. The molecule has 0 saturated carbocycles. The fourth-order valence-electron chi connectivity index (χ4n) is 0.237. The smallest absolute Gasteiger partial charge is 0.324 e. The Labute approximate surface area is 49.5 Å². The molecule has 50 valence electrons. The lowest BCUT2D eigenvalue weighted by Crippen LogP contribution is -1.93. The van der Waals surface area contributed by atoms with Crippen molar-refractivity contribution in [2.45, 2.75) is 0 Å². The second kappa shape index (κ2) is 2.73. The molecular formula is C2H7O4PS. The van der Waals surface area contributed by atoms with E-state index in [1.165, 1.54) is 6.26 Å². The second-order valence-electron chi connectivity index (χ2n) is 1.37. The molecule has 0 radical (unpaired) electrons. The Balaban J connectivity index is 3.74. The van der Waals surface area contributed by atoms with E-state index in [9.17, 15) is 8.77 Å². The molecule has 1 unspecified atom stereocenters. The van der Waals surface area contributed by atoms with Crippen molar-refractivity contribution in [1.82, 2.24) is 0 Å². The van der Waals surface area contributed by atoms with Gasteiger partial charge in [0.2, 0.25) is 0 Å². The number of rotatable bonds is 2. The standard InChI is InChI=1S/C2H7O4PS/c1-8(6)2-7(3,4)5/h2H2,1H3,(H2,3,4,5). The van der Waals surface area contributed by atoms with E-state index in [-0.39, 0.29) is 0 Å². The Kier molecular flexibility index (Phi) is 2.83. The van der Waals surface area contributed by atoms with Crippen molar-refractivity contribution < 1.29 is 18.6 Å². The highest BCUT2D eigenvalue weighted by molar-refractivity contribution is 7.91. The van der Waals surface area contributed by atoms with Crippen molar-refractivity contribution in [3.8, 4) is 0 Å². The first-order chi connectivity index (χ1) is 3.42. The molecule has 0 aliphatic heterocycles. The third kappa shape index (κ3) is 6.30. The highest BCUT2D eigenvalue weighted by Crippen LogP contribution is 2.34. The Morgan fingerprint density at radius 3 is 2.00 bits per heavy atom. The predicted octanol–water partition coefficient (Wildman–Crippen LogP) is -0.500. The summed E-state index contributed by atoms with van der Waals surface area (Å²) in [6.07, 6.45) is 1.25. The largest absolute Gasteiger partial charge is 0.337 e. The van der Waals surface area contributed by atoms with Crippen LogP contribution in [0.3, 0.4) is 0 Å². The van der Waals surface area contributed by atoms with E-state index in [1.54, 1.807) is 0 Å². The first-order valence-corrected chi connectivity index (χ1v) is 5.29.